The van der Waals surface area contributed by atoms with Crippen molar-refractivity contribution < 1.29 is 262 Å². The fraction of sp³-hybridized carbons (Fsp3) is 0.918. The van der Waals surface area contributed by atoms with E-state index in [1.807, 2.05) is 0 Å². The molecule has 131 heavy (non-hydrogen) atoms. The highest BCUT2D eigenvalue weighted by molar-refractivity contribution is 5.77. The van der Waals surface area contributed by atoms with Crippen LogP contribution in [-0.4, -0.2) is 550 Å². The minimum absolute atomic E-state index is 0.810. The maximum Gasteiger partial charge on any atom is 0.364 e. The number of ether oxygens (including phenoxy) is 19. The summed E-state index contributed by atoms with van der Waals surface area (Å²) in [6, 6.07) is -9.48. The largest absolute Gasteiger partial charge is 0.477 e. The van der Waals surface area contributed by atoms with E-state index in [4.69, 9.17) is 90.0 Å². The molecule has 10 aliphatic heterocycles. The Hall–Kier alpha value is -5.02. The van der Waals surface area contributed by atoms with Gasteiger partial charge in [-0.15, -0.1) is 0 Å². The third-order valence-corrected chi connectivity index (χ3v) is 23.8. The molecule has 10 aliphatic rings. The molecule has 0 spiro atoms. The minimum atomic E-state index is -3.38. The Bertz CT molecular complexity index is 3670. The van der Waals surface area contributed by atoms with Gasteiger partial charge in [-0.2, -0.15) is 0 Å². The van der Waals surface area contributed by atoms with Gasteiger partial charge >= 0.3 is 5.97 Å². The lowest BCUT2D eigenvalue weighted by Crippen LogP contribution is -2.72. The van der Waals surface area contributed by atoms with Crippen molar-refractivity contribution in [3.63, 3.8) is 0 Å². The van der Waals surface area contributed by atoms with E-state index >= 15 is 0 Å². The Labute approximate surface area is 741 Å². The van der Waals surface area contributed by atoms with Crippen LogP contribution in [0.2, 0.25) is 0 Å². The lowest BCUT2D eigenvalue weighted by atomic mass is 9.88. The first kappa shape index (κ1) is 108. The molecule has 0 saturated carbocycles. The van der Waals surface area contributed by atoms with Gasteiger partial charge < -0.3 is 260 Å². The van der Waals surface area contributed by atoms with Crippen molar-refractivity contribution in [2.45, 2.75) is 360 Å². The second kappa shape index (κ2) is 46.6. The topological polar surface area (TPSA) is 904 Å². The van der Waals surface area contributed by atoms with Crippen LogP contribution < -0.4 is 26.6 Å². The lowest BCUT2D eigenvalue weighted by Gasteiger charge is -2.52. The van der Waals surface area contributed by atoms with E-state index in [0.29, 0.717) is 0 Å². The molecule has 33 N–H and O–H groups in total. The van der Waals surface area contributed by atoms with E-state index < -0.39 is 414 Å². The number of aliphatic hydroxyl groups excluding tert-OH is 27. The van der Waals surface area contributed by atoms with Gasteiger partial charge in [0.05, 0.1) is 77.7 Å². The molecule has 5 amide bonds. The zero-order valence-corrected chi connectivity index (χ0v) is 70.7. The molecule has 10 heterocycles. The van der Waals surface area contributed by atoms with Gasteiger partial charge in [0.25, 0.3) is 5.79 Å². The Morgan fingerprint density at radius 3 is 1.20 bits per heavy atom. The quantitative estimate of drug-likeness (QED) is 0.0280. The smallest absolute Gasteiger partial charge is 0.364 e. The molecule has 10 fully saturated rings. The number of hydrogen-bond donors (Lipinski definition) is 33. The van der Waals surface area contributed by atoms with Gasteiger partial charge in [0.1, 0.15) is 232 Å². The molecule has 10 saturated heterocycles. The Kier molecular flexibility index (Phi) is 38.4. The van der Waals surface area contributed by atoms with E-state index in [2.05, 4.69) is 26.6 Å². The number of carbonyl (C=O) groups excluding carboxylic acids is 5. The van der Waals surface area contributed by atoms with Gasteiger partial charge in [0.2, 0.25) is 29.5 Å². The average molecular weight is 1920 g/mol. The summed E-state index contributed by atoms with van der Waals surface area (Å²) in [6.45, 7) is -5.11. The van der Waals surface area contributed by atoms with Gasteiger partial charge in [-0.1, -0.05) is 0 Å². The molecule has 0 bridgehead atoms. The van der Waals surface area contributed by atoms with Crippen LogP contribution in [0.4, 0.5) is 0 Å². The van der Waals surface area contributed by atoms with Crippen LogP contribution >= 0.6 is 0 Å². The molecule has 51 atom stereocenters. The molecule has 0 aliphatic carbocycles. The highest BCUT2D eigenvalue weighted by atomic mass is 16.8. The maximum atomic E-state index is 13.8. The van der Waals surface area contributed by atoms with Crippen LogP contribution in [0.25, 0.3) is 0 Å². The summed E-state index contributed by atoms with van der Waals surface area (Å²) in [5, 5.41) is 328. The van der Waals surface area contributed by atoms with Crippen molar-refractivity contribution in [2.75, 3.05) is 59.5 Å². The number of carboxylic acid groups (broad SMARTS) is 1. The number of carboxylic acids is 1. The summed E-state index contributed by atoms with van der Waals surface area (Å²) in [5.74, 6) is -10.3. The number of carbonyl (C=O) groups is 6. The van der Waals surface area contributed by atoms with Gasteiger partial charge in [-0.05, 0) is 6.92 Å². The first-order valence-corrected chi connectivity index (χ1v) is 41.6. The Morgan fingerprint density at radius 1 is 0.328 bits per heavy atom. The Morgan fingerprint density at radius 2 is 0.687 bits per heavy atom. The third kappa shape index (κ3) is 23.9. The standard InChI is InChI=1S/C73H121N5O53/c1-17-38(94)48(104)51(107)67(114-17)126-58-37(78-22(6)91)66(121-31(15-86)56(58)125-69-53(109)60(43(99)28(12-83)117-69)131-73(72(111)112)7-23(92)33(74-18(2)87)57(130-73)39(95)24(93)8-79)128-61-49(105)41(97)26(10-81)118-70(61)113-16-32-44(100)59(127-71-62(50(106)42(98)27(11-82)119-71)129-64-35(76-20(4)89)45(101)40(96)25(9-80)116-64)52(108)68(122-32)124-55-30(14-85)120-65(36(47(55)103)77-21(5)90)123-54-29(13-84)115-63(110)34(46(54)102)75-19(3)88/h17,23-71,79-86,92-110H,7-16H2,1-6H3,(H,74,87)(H,75,88)(H,76,89)(H,77,90)(H,78,91)(H,111,112)/t17-,23-,24+,25+,26+,27+,28+,29+,30+,31+,32+,33+,34+,35+,36+,37+,38+,39+,40+,41+,42+,43-,44+,45+,46+,47+,48+,49-,50-,51-,52-,53+,54+,55+,56+,57+,58+,59-,60-,61-,62-,63+,64-,65-,66-,67-,68-,69-,70-,71+,73-/m0/s1. The van der Waals surface area contributed by atoms with Gasteiger partial charge in [0.15, 0.2) is 56.6 Å². The molecular weight excluding hydrogens is 1790 g/mol. The molecule has 0 unspecified atom stereocenters. The van der Waals surface area contributed by atoms with Gasteiger partial charge in [-0.3, -0.25) is 24.0 Å². The predicted molar refractivity (Wildman–Crippen MR) is 403 cm³/mol. The molecule has 10 rings (SSSR count). The zero-order valence-electron chi connectivity index (χ0n) is 70.7. The van der Waals surface area contributed by atoms with Gasteiger partial charge in [0, 0.05) is 41.0 Å². The summed E-state index contributed by atoms with van der Waals surface area (Å²) in [6.07, 6.45) is -101. The Balaban J connectivity index is 1.01. The van der Waals surface area contributed by atoms with Crippen molar-refractivity contribution >= 4 is 35.5 Å². The number of aliphatic hydroxyl groups is 27. The first-order chi connectivity index (χ1) is 61.8. The summed E-state index contributed by atoms with van der Waals surface area (Å²) in [7, 11) is 0. The van der Waals surface area contributed by atoms with E-state index in [-0.39, 0.29) is 0 Å². The van der Waals surface area contributed by atoms with Crippen molar-refractivity contribution in [2.24, 2.45) is 0 Å². The van der Waals surface area contributed by atoms with E-state index in [1.54, 1.807) is 0 Å². The first-order valence-electron chi connectivity index (χ1n) is 41.6. The SMILES string of the molecule is CC(=O)N[C@@H]1[C@@H](O)[C@H](O[C@@H]2O[C@H](CO)[C@@H](O[C@@H]3O[C@H](CO[C@H]4O[C@H](CO)[C@@H](O)[C@H](O)[C@@H]4O[C@@H]4O[C@H](CO)[C@@H](O[C@@H]5O[C@H](CO)[C@H](O)[C@H](O[C@]6(C(=O)O)C[C@H](O)[C@@H](NC(C)=O)[C@H]([C@H](O)[C@H](O)CO)O6)[C@H]5O)[C@H](O[C@@H]5O[C@@H](C)[C@@H](O)[C@@H](O)[C@@H]5O)[C@H]4NC(C)=O)[C@@H](O)[C@H](O[C@H]4O[C@H](CO)[C@@H](O)[C@H](O)[C@@H]4O[C@@H]4O[C@H](CO)[C@@H](O)[C@H](O)[C@H]4NC(C)=O)[C@@H]3O)[C@H](O)[C@H]2NC(C)=O)[C@@H](CO)O[C@H]1O. The fourth-order valence-corrected chi connectivity index (χ4v) is 17.0. The van der Waals surface area contributed by atoms with E-state index in [0.717, 1.165) is 34.6 Å². The highest BCUT2D eigenvalue weighted by Gasteiger charge is 2.65. The van der Waals surface area contributed by atoms with Crippen molar-refractivity contribution in [3.8, 4) is 0 Å². The summed E-state index contributed by atoms with van der Waals surface area (Å²) >= 11 is 0. The molecule has 0 aromatic heterocycles. The van der Waals surface area contributed by atoms with Crippen LogP contribution in [0.5, 0.6) is 0 Å². The average Bonchev–Trinajstić information content (AvgIpc) is 0.755. The van der Waals surface area contributed by atoms with Gasteiger partial charge in [-0.25, -0.2) is 4.79 Å². The second-order valence-corrected chi connectivity index (χ2v) is 33.1. The maximum absolute atomic E-state index is 13.8. The minimum Gasteiger partial charge on any atom is -0.477 e. The predicted octanol–water partition coefficient (Wildman–Crippen LogP) is -21.9. The molecule has 0 radical (unpaired) electrons. The summed E-state index contributed by atoms with van der Waals surface area (Å²) in [5.41, 5.74) is 0. The number of nitrogens with one attached hydrogen (secondary N) is 5. The second-order valence-electron chi connectivity index (χ2n) is 33.1. The van der Waals surface area contributed by atoms with Crippen molar-refractivity contribution in [1.29, 1.82) is 0 Å². The van der Waals surface area contributed by atoms with Crippen LogP contribution in [0.15, 0.2) is 0 Å². The van der Waals surface area contributed by atoms with E-state index in [1.165, 1.54) is 6.92 Å². The number of rotatable bonds is 35. The number of amides is 5. The highest BCUT2D eigenvalue weighted by Crippen LogP contribution is 2.43. The van der Waals surface area contributed by atoms with Crippen LogP contribution in [-0.2, 0) is 119 Å². The van der Waals surface area contributed by atoms with Crippen molar-refractivity contribution in [1.82, 2.24) is 26.6 Å². The zero-order chi connectivity index (χ0) is 96.9. The van der Waals surface area contributed by atoms with Crippen molar-refractivity contribution in [3.05, 3.63) is 0 Å². The summed E-state index contributed by atoms with van der Waals surface area (Å²) < 4.78 is 114. The molecule has 0 aromatic rings. The monoisotopic (exact) mass is 1920 g/mol. The molecule has 58 heteroatoms. The molecule has 0 aromatic carbocycles. The van der Waals surface area contributed by atoms with E-state index in [9.17, 15) is 172 Å². The number of hydrogen-bond acceptors (Lipinski definition) is 52. The number of aliphatic carboxylic acids is 1. The third-order valence-electron chi connectivity index (χ3n) is 23.8. The normalized spacial score (nSPS) is 47.5. The fourth-order valence-electron chi connectivity index (χ4n) is 17.0. The summed E-state index contributed by atoms with van der Waals surface area (Å²) in [4.78, 5) is 77.5. The van der Waals surface area contributed by atoms with Crippen LogP contribution in [0.1, 0.15) is 48.0 Å². The molecule has 58 nitrogen and oxygen atoms in total. The van der Waals surface area contributed by atoms with Crippen LogP contribution in [0.3, 0.4) is 0 Å². The van der Waals surface area contributed by atoms with Crippen LogP contribution in [0, 0.1) is 0 Å². The molecular formula is C73H121N5O53. The molecule has 756 valence electrons. The lowest BCUT2D eigenvalue weighted by molar-refractivity contribution is -0.402.